The van der Waals surface area contributed by atoms with E-state index in [2.05, 4.69) is 37.5 Å². The lowest BCUT2D eigenvalue weighted by Gasteiger charge is -2.24. The van der Waals surface area contributed by atoms with E-state index in [0.717, 1.165) is 17.7 Å². The maximum Gasteiger partial charge on any atom is 0.244 e. The minimum Gasteiger partial charge on any atom is -0.353 e. The third-order valence-corrected chi connectivity index (χ3v) is 4.68. The molecule has 5 nitrogen and oxygen atoms in total. The number of para-hydroxylation sites is 1. The van der Waals surface area contributed by atoms with Crippen LogP contribution in [0.25, 0.3) is 0 Å². The predicted octanol–water partition coefficient (Wildman–Crippen LogP) is 5.00. The van der Waals surface area contributed by atoms with E-state index in [1.807, 2.05) is 48.5 Å². The summed E-state index contributed by atoms with van der Waals surface area (Å²) in [7, 11) is 0. The number of rotatable bonds is 8. The topological polar surface area (TPSA) is 53.9 Å². The summed E-state index contributed by atoms with van der Waals surface area (Å²) < 4.78 is 13.0. The Hall–Kier alpha value is -3.80. The third kappa shape index (κ3) is 5.17. The lowest BCUT2D eigenvalue weighted by molar-refractivity contribution is 0.627. The molecule has 0 aliphatic rings. The van der Waals surface area contributed by atoms with Crippen LogP contribution in [0.4, 0.5) is 21.8 Å². The van der Waals surface area contributed by atoms with Gasteiger partial charge in [0.1, 0.15) is 5.82 Å². The zero-order chi connectivity index (χ0) is 20.6. The molecule has 30 heavy (non-hydrogen) atoms. The summed E-state index contributed by atoms with van der Waals surface area (Å²) in [6.07, 6.45) is 2.40. The zero-order valence-electron chi connectivity index (χ0n) is 16.4. The van der Waals surface area contributed by atoms with Crippen LogP contribution in [0.3, 0.4) is 0 Å². The highest BCUT2D eigenvalue weighted by Gasteiger charge is 2.13. The van der Waals surface area contributed by atoms with Crippen LogP contribution in [0.15, 0.2) is 91.1 Å². The van der Waals surface area contributed by atoms with Crippen molar-refractivity contribution in [2.24, 2.45) is 0 Å². The lowest BCUT2D eigenvalue weighted by Crippen LogP contribution is -2.19. The maximum atomic E-state index is 13.0. The monoisotopic (exact) mass is 399 g/mol. The highest BCUT2D eigenvalue weighted by molar-refractivity contribution is 5.60. The molecular weight excluding hydrogens is 377 g/mol. The van der Waals surface area contributed by atoms with Crippen molar-refractivity contribution in [3.63, 3.8) is 0 Å². The van der Waals surface area contributed by atoms with Crippen LogP contribution in [0.1, 0.15) is 11.1 Å². The fraction of sp³-hybridized carbons (Fsp3) is 0.125. The van der Waals surface area contributed by atoms with Crippen LogP contribution in [-0.2, 0) is 13.0 Å². The molecule has 0 aliphatic carbocycles. The number of halogens is 1. The van der Waals surface area contributed by atoms with Gasteiger partial charge in [-0.25, -0.2) is 4.39 Å². The van der Waals surface area contributed by atoms with Crippen LogP contribution in [0, 0.1) is 5.82 Å². The molecule has 0 unspecified atom stereocenters. The van der Waals surface area contributed by atoms with Gasteiger partial charge in [0.15, 0.2) is 5.82 Å². The molecule has 0 fully saturated rings. The molecule has 0 amide bonds. The molecule has 1 N–H and O–H groups in total. The van der Waals surface area contributed by atoms with Gasteiger partial charge in [0.2, 0.25) is 5.95 Å². The van der Waals surface area contributed by atoms with Gasteiger partial charge in [-0.2, -0.15) is 10.1 Å². The van der Waals surface area contributed by atoms with Gasteiger partial charge in [-0.1, -0.05) is 60.7 Å². The largest absolute Gasteiger partial charge is 0.353 e. The number of aromatic nitrogens is 3. The Labute approximate surface area is 175 Å². The Bertz CT molecular complexity index is 1060. The summed E-state index contributed by atoms with van der Waals surface area (Å²) in [5.41, 5.74) is 3.24. The van der Waals surface area contributed by atoms with Gasteiger partial charge in [-0.15, -0.1) is 5.10 Å². The number of nitrogens with one attached hydrogen (secondary N) is 1. The molecule has 0 saturated heterocycles. The summed E-state index contributed by atoms with van der Waals surface area (Å²) in [4.78, 5) is 6.78. The SMILES string of the molecule is Fc1ccc(CCNc2nncc(N(Cc3ccccc3)c3ccccc3)n2)cc1. The number of hydrogen-bond acceptors (Lipinski definition) is 5. The Morgan fingerprint density at radius 3 is 2.23 bits per heavy atom. The van der Waals surface area contributed by atoms with Crippen LogP contribution >= 0.6 is 0 Å². The molecule has 0 saturated carbocycles. The van der Waals surface area contributed by atoms with Crippen LogP contribution in [-0.4, -0.2) is 21.7 Å². The normalized spacial score (nSPS) is 10.6. The van der Waals surface area contributed by atoms with Crippen molar-refractivity contribution in [1.29, 1.82) is 0 Å². The standard InChI is InChI=1S/C24H22FN5/c25-21-13-11-19(12-14-21)15-16-26-24-28-23(17-27-29-24)30(22-9-5-2-6-10-22)18-20-7-3-1-4-8-20/h1-14,17H,15-16,18H2,(H,26,28,29). The Kier molecular flexibility index (Phi) is 6.25. The van der Waals surface area contributed by atoms with Crippen molar-refractivity contribution in [1.82, 2.24) is 15.2 Å². The summed E-state index contributed by atoms with van der Waals surface area (Å²) in [5.74, 6) is 0.944. The van der Waals surface area contributed by atoms with Gasteiger partial charge in [-0.3, -0.25) is 0 Å². The van der Waals surface area contributed by atoms with Crippen molar-refractivity contribution in [3.05, 3.63) is 108 Å². The summed E-state index contributed by atoms with van der Waals surface area (Å²) in [5, 5.41) is 11.5. The van der Waals surface area contributed by atoms with Crippen LogP contribution in [0.2, 0.25) is 0 Å². The number of anilines is 3. The maximum absolute atomic E-state index is 13.0. The highest BCUT2D eigenvalue weighted by atomic mass is 19.1. The molecule has 0 aliphatic heterocycles. The lowest BCUT2D eigenvalue weighted by atomic mass is 10.1. The van der Waals surface area contributed by atoms with Gasteiger partial charge < -0.3 is 10.2 Å². The van der Waals surface area contributed by atoms with E-state index < -0.39 is 0 Å². The van der Waals surface area contributed by atoms with E-state index in [4.69, 9.17) is 0 Å². The van der Waals surface area contributed by atoms with E-state index in [1.165, 1.54) is 17.7 Å². The minimum absolute atomic E-state index is 0.230. The second kappa shape index (κ2) is 9.60. The predicted molar refractivity (Wildman–Crippen MR) is 117 cm³/mol. The molecule has 0 radical (unpaired) electrons. The molecule has 4 rings (SSSR count). The molecule has 1 aromatic heterocycles. The van der Waals surface area contributed by atoms with Crippen LogP contribution in [0.5, 0.6) is 0 Å². The molecule has 0 bridgehead atoms. The van der Waals surface area contributed by atoms with Crippen molar-refractivity contribution >= 4 is 17.5 Å². The third-order valence-electron chi connectivity index (χ3n) is 4.68. The second-order valence-electron chi connectivity index (χ2n) is 6.85. The fourth-order valence-electron chi connectivity index (χ4n) is 3.15. The zero-order valence-corrected chi connectivity index (χ0v) is 16.4. The molecule has 6 heteroatoms. The van der Waals surface area contributed by atoms with Crippen molar-refractivity contribution in [3.8, 4) is 0 Å². The molecular formula is C24H22FN5. The molecule has 3 aromatic carbocycles. The van der Waals surface area contributed by atoms with Gasteiger partial charge in [0, 0.05) is 18.8 Å². The molecule has 0 spiro atoms. The van der Waals surface area contributed by atoms with Crippen LogP contribution < -0.4 is 10.2 Å². The smallest absolute Gasteiger partial charge is 0.244 e. The molecule has 1 heterocycles. The fourth-order valence-corrected chi connectivity index (χ4v) is 3.15. The Morgan fingerprint density at radius 1 is 0.800 bits per heavy atom. The average molecular weight is 399 g/mol. The molecule has 150 valence electrons. The van der Waals surface area contributed by atoms with Crippen molar-refractivity contribution in [2.75, 3.05) is 16.8 Å². The first-order chi connectivity index (χ1) is 14.8. The first-order valence-electron chi connectivity index (χ1n) is 9.82. The van der Waals surface area contributed by atoms with Crippen molar-refractivity contribution in [2.45, 2.75) is 13.0 Å². The van der Waals surface area contributed by atoms with E-state index in [-0.39, 0.29) is 5.82 Å². The first-order valence-corrected chi connectivity index (χ1v) is 9.82. The van der Waals surface area contributed by atoms with E-state index in [9.17, 15) is 4.39 Å². The van der Waals surface area contributed by atoms with Gasteiger partial charge in [-0.05, 0) is 41.8 Å². The number of nitrogens with zero attached hydrogens (tertiary/aromatic N) is 4. The summed E-state index contributed by atoms with van der Waals surface area (Å²) >= 11 is 0. The Morgan fingerprint density at radius 2 is 1.50 bits per heavy atom. The average Bonchev–Trinajstić information content (AvgIpc) is 2.80. The van der Waals surface area contributed by atoms with Gasteiger partial charge in [0.25, 0.3) is 0 Å². The van der Waals surface area contributed by atoms with E-state index >= 15 is 0 Å². The quantitative estimate of drug-likeness (QED) is 0.452. The van der Waals surface area contributed by atoms with E-state index in [0.29, 0.717) is 24.9 Å². The molecule has 4 aromatic rings. The Balaban J connectivity index is 1.50. The summed E-state index contributed by atoms with van der Waals surface area (Å²) in [6, 6.07) is 26.8. The highest BCUT2D eigenvalue weighted by Crippen LogP contribution is 2.25. The summed E-state index contributed by atoms with van der Waals surface area (Å²) in [6.45, 7) is 1.29. The van der Waals surface area contributed by atoms with E-state index in [1.54, 1.807) is 18.3 Å². The van der Waals surface area contributed by atoms with Crippen molar-refractivity contribution < 1.29 is 4.39 Å². The molecule has 0 atom stereocenters. The number of hydrogen-bond donors (Lipinski definition) is 1. The first kappa shape index (κ1) is 19.5. The second-order valence-corrected chi connectivity index (χ2v) is 6.85. The minimum atomic E-state index is -0.230. The van der Waals surface area contributed by atoms with Gasteiger partial charge in [0.05, 0.1) is 6.20 Å². The van der Waals surface area contributed by atoms with Gasteiger partial charge >= 0.3 is 0 Å². The number of benzene rings is 3.